The van der Waals surface area contributed by atoms with E-state index in [0.29, 0.717) is 12.3 Å². The lowest BCUT2D eigenvalue weighted by molar-refractivity contribution is -0.123. The average molecular weight is 226 g/mol. The van der Waals surface area contributed by atoms with Crippen LogP contribution in [0.4, 0.5) is 0 Å². The maximum Gasteiger partial charge on any atom is 0.222 e. The minimum absolute atomic E-state index is 0.116. The predicted octanol–water partition coefficient (Wildman–Crippen LogP) is 2.20. The Balaban J connectivity index is 2.38. The van der Waals surface area contributed by atoms with Crippen LogP contribution in [0.25, 0.3) is 0 Å². The Kier molecular flexibility index (Phi) is 4.78. The standard InChI is InChI=1S/C13H26N2O/c1-10(2)11(3)15-12(16)9-13(14)7-5-4-6-8-13/h10-11H,4-9,14H2,1-3H3,(H,15,16). The lowest BCUT2D eigenvalue weighted by Crippen LogP contribution is -2.47. The molecule has 94 valence electrons. The van der Waals surface area contributed by atoms with Crippen LogP contribution in [0.1, 0.15) is 59.3 Å². The summed E-state index contributed by atoms with van der Waals surface area (Å²) in [5, 5.41) is 3.03. The van der Waals surface area contributed by atoms with Crippen molar-refractivity contribution in [2.24, 2.45) is 11.7 Å². The summed E-state index contributed by atoms with van der Waals surface area (Å²) in [4.78, 5) is 11.8. The van der Waals surface area contributed by atoms with Crippen LogP contribution in [-0.4, -0.2) is 17.5 Å². The molecular weight excluding hydrogens is 200 g/mol. The molecule has 0 aliphatic heterocycles. The monoisotopic (exact) mass is 226 g/mol. The van der Waals surface area contributed by atoms with Crippen molar-refractivity contribution in [2.75, 3.05) is 0 Å². The first-order chi connectivity index (χ1) is 7.43. The van der Waals surface area contributed by atoms with Gasteiger partial charge in [0.05, 0.1) is 0 Å². The van der Waals surface area contributed by atoms with Gasteiger partial charge in [0.1, 0.15) is 0 Å². The molecule has 0 aromatic rings. The molecule has 1 aliphatic carbocycles. The van der Waals surface area contributed by atoms with Crippen molar-refractivity contribution in [3.8, 4) is 0 Å². The summed E-state index contributed by atoms with van der Waals surface area (Å²) in [6.07, 6.45) is 6.09. The summed E-state index contributed by atoms with van der Waals surface area (Å²) in [6.45, 7) is 6.28. The molecule has 1 fully saturated rings. The van der Waals surface area contributed by atoms with Crippen LogP contribution in [0.15, 0.2) is 0 Å². The molecule has 1 rings (SSSR count). The number of hydrogen-bond donors (Lipinski definition) is 2. The van der Waals surface area contributed by atoms with E-state index in [1.807, 2.05) is 6.92 Å². The molecule has 1 saturated carbocycles. The van der Waals surface area contributed by atoms with Crippen molar-refractivity contribution in [1.82, 2.24) is 5.32 Å². The third-order valence-corrected chi connectivity index (χ3v) is 3.75. The Morgan fingerprint density at radius 1 is 1.25 bits per heavy atom. The molecule has 1 atom stereocenters. The van der Waals surface area contributed by atoms with Crippen LogP contribution < -0.4 is 11.1 Å². The first kappa shape index (κ1) is 13.5. The van der Waals surface area contributed by atoms with Gasteiger partial charge in [0, 0.05) is 18.0 Å². The van der Waals surface area contributed by atoms with Crippen molar-refractivity contribution < 1.29 is 4.79 Å². The van der Waals surface area contributed by atoms with Crippen LogP contribution in [0.3, 0.4) is 0 Å². The van der Waals surface area contributed by atoms with Gasteiger partial charge in [-0.05, 0) is 25.7 Å². The largest absolute Gasteiger partial charge is 0.353 e. The van der Waals surface area contributed by atoms with E-state index in [-0.39, 0.29) is 17.5 Å². The number of rotatable bonds is 4. The van der Waals surface area contributed by atoms with E-state index in [1.165, 1.54) is 19.3 Å². The van der Waals surface area contributed by atoms with Crippen molar-refractivity contribution in [3.05, 3.63) is 0 Å². The third-order valence-electron chi connectivity index (χ3n) is 3.75. The topological polar surface area (TPSA) is 55.1 Å². The number of nitrogens with one attached hydrogen (secondary N) is 1. The molecular formula is C13H26N2O. The van der Waals surface area contributed by atoms with Gasteiger partial charge in [-0.1, -0.05) is 33.1 Å². The van der Waals surface area contributed by atoms with Crippen LogP contribution in [0, 0.1) is 5.92 Å². The zero-order chi connectivity index (χ0) is 12.2. The highest BCUT2D eigenvalue weighted by molar-refractivity contribution is 5.77. The molecule has 0 radical (unpaired) electrons. The van der Waals surface area contributed by atoms with Gasteiger partial charge in [0.2, 0.25) is 5.91 Å². The van der Waals surface area contributed by atoms with Gasteiger partial charge in [0.25, 0.3) is 0 Å². The van der Waals surface area contributed by atoms with Crippen LogP contribution in [0.5, 0.6) is 0 Å². The van der Waals surface area contributed by atoms with Gasteiger partial charge in [-0.3, -0.25) is 4.79 Å². The molecule has 0 saturated heterocycles. The SMILES string of the molecule is CC(C)C(C)NC(=O)CC1(N)CCCCC1. The van der Waals surface area contributed by atoms with Gasteiger partial charge in [0.15, 0.2) is 0 Å². The molecule has 1 amide bonds. The van der Waals surface area contributed by atoms with E-state index in [1.54, 1.807) is 0 Å². The third kappa shape index (κ3) is 4.12. The number of nitrogens with two attached hydrogens (primary N) is 1. The Morgan fingerprint density at radius 3 is 2.31 bits per heavy atom. The normalized spacial score (nSPS) is 21.8. The lowest BCUT2D eigenvalue weighted by Gasteiger charge is -2.33. The molecule has 0 spiro atoms. The molecule has 1 aliphatic rings. The zero-order valence-electron chi connectivity index (χ0n) is 10.9. The van der Waals surface area contributed by atoms with Crippen LogP contribution in [-0.2, 0) is 4.79 Å². The zero-order valence-corrected chi connectivity index (χ0v) is 10.9. The average Bonchev–Trinajstić information content (AvgIpc) is 2.17. The fraction of sp³-hybridized carbons (Fsp3) is 0.923. The Labute approximate surface area is 99.2 Å². The fourth-order valence-corrected chi connectivity index (χ4v) is 2.22. The lowest BCUT2D eigenvalue weighted by atomic mass is 9.80. The molecule has 3 heteroatoms. The first-order valence-corrected chi connectivity index (χ1v) is 6.51. The Bertz CT molecular complexity index is 232. The van der Waals surface area contributed by atoms with Gasteiger partial charge in [-0.15, -0.1) is 0 Å². The molecule has 3 N–H and O–H groups in total. The summed E-state index contributed by atoms with van der Waals surface area (Å²) in [5.74, 6) is 0.592. The minimum atomic E-state index is -0.237. The maximum absolute atomic E-state index is 11.8. The van der Waals surface area contributed by atoms with Crippen molar-refractivity contribution in [3.63, 3.8) is 0 Å². The summed E-state index contributed by atoms with van der Waals surface area (Å²) < 4.78 is 0. The smallest absolute Gasteiger partial charge is 0.222 e. The van der Waals surface area contributed by atoms with Gasteiger partial charge >= 0.3 is 0 Å². The Hall–Kier alpha value is -0.570. The van der Waals surface area contributed by atoms with Crippen molar-refractivity contribution in [1.29, 1.82) is 0 Å². The van der Waals surface area contributed by atoms with E-state index >= 15 is 0 Å². The van der Waals surface area contributed by atoms with Gasteiger partial charge < -0.3 is 11.1 Å². The van der Waals surface area contributed by atoms with Crippen molar-refractivity contribution >= 4 is 5.91 Å². The summed E-state index contributed by atoms with van der Waals surface area (Å²) in [6, 6.07) is 0.236. The number of carbonyl (C=O) groups excluding carboxylic acids is 1. The highest BCUT2D eigenvalue weighted by Crippen LogP contribution is 2.28. The fourth-order valence-electron chi connectivity index (χ4n) is 2.22. The molecule has 0 aromatic carbocycles. The van der Waals surface area contributed by atoms with Crippen LogP contribution in [0.2, 0.25) is 0 Å². The molecule has 16 heavy (non-hydrogen) atoms. The highest BCUT2D eigenvalue weighted by atomic mass is 16.1. The van der Waals surface area contributed by atoms with E-state index in [9.17, 15) is 4.79 Å². The van der Waals surface area contributed by atoms with Crippen LogP contribution >= 0.6 is 0 Å². The van der Waals surface area contributed by atoms with E-state index in [4.69, 9.17) is 5.73 Å². The van der Waals surface area contributed by atoms with E-state index in [2.05, 4.69) is 19.2 Å². The molecule has 0 bridgehead atoms. The van der Waals surface area contributed by atoms with Crippen molar-refractivity contribution in [2.45, 2.75) is 70.9 Å². The first-order valence-electron chi connectivity index (χ1n) is 6.51. The maximum atomic E-state index is 11.8. The van der Waals surface area contributed by atoms with E-state index < -0.39 is 0 Å². The minimum Gasteiger partial charge on any atom is -0.353 e. The second-order valence-electron chi connectivity index (χ2n) is 5.70. The van der Waals surface area contributed by atoms with Gasteiger partial charge in [-0.25, -0.2) is 0 Å². The quantitative estimate of drug-likeness (QED) is 0.772. The predicted molar refractivity (Wildman–Crippen MR) is 67.1 cm³/mol. The molecule has 3 nitrogen and oxygen atoms in total. The summed E-state index contributed by atoms with van der Waals surface area (Å²) >= 11 is 0. The van der Waals surface area contributed by atoms with Gasteiger partial charge in [-0.2, -0.15) is 0 Å². The highest BCUT2D eigenvalue weighted by Gasteiger charge is 2.30. The summed E-state index contributed by atoms with van der Waals surface area (Å²) in [5.41, 5.74) is 6.01. The summed E-state index contributed by atoms with van der Waals surface area (Å²) in [7, 11) is 0. The molecule has 0 aromatic heterocycles. The van der Waals surface area contributed by atoms with E-state index in [0.717, 1.165) is 12.8 Å². The number of carbonyl (C=O) groups is 1. The second kappa shape index (κ2) is 5.67. The second-order valence-corrected chi connectivity index (χ2v) is 5.70. The molecule has 1 unspecified atom stereocenters. The number of amides is 1. The Morgan fingerprint density at radius 2 is 1.81 bits per heavy atom. The number of hydrogen-bond acceptors (Lipinski definition) is 2. The molecule has 0 heterocycles.